The molecule has 150 valence electrons. The largest absolute Gasteiger partial charge is 0.377 e. The van der Waals surface area contributed by atoms with Crippen molar-refractivity contribution in [2.45, 2.75) is 37.8 Å². The summed E-state index contributed by atoms with van der Waals surface area (Å²) >= 11 is 9.04. The molecule has 1 fully saturated rings. The van der Waals surface area contributed by atoms with Crippen LogP contribution in [0.15, 0.2) is 22.7 Å². The Bertz CT molecular complexity index is 983. The molecule has 28 heavy (non-hydrogen) atoms. The van der Waals surface area contributed by atoms with Crippen LogP contribution in [-0.2, 0) is 36.0 Å². The molecule has 2 aromatic rings. The zero-order valence-corrected chi connectivity index (χ0v) is 18.4. The number of likely N-dealkylation sites (N-methyl/N-ethyl adjacent to an activating group) is 1. The maximum absolute atomic E-state index is 14.3. The van der Waals surface area contributed by atoms with Gasteiger partial charge in [-0.2, -0.15) is 0 Å². The summed E-state index contributed by atoms with van der Waals surface area (Å²) in [6.07, 6.45) is 1.80. The third-order valence-electron chi connectivity index (χ3n) is 5.95. The summed E-state index contributed by atoms with van der Waals surface area (Å²) in [5, 5.41) is 0. The lowest BCUT2D eigenvalue weighted by Gasteiger charge is -2.34. The van der Waals surface area contributed by atoms with E-state index in [0.717, 1.165) is 33.6 Å². The molecule has 3 heterocycles. The van der Waals surface area contributed by atoms with Crippen molar-refractivity contribution in [3.63, 3.8) is 0 Å². The highest BCUT2D eigenvalue weighted by Gasteiger charge is 2.33. The third kappa shape index (κ3) is 3.46. The van der Waals surface area contributed by atoms with Crippen LogP contribution in [-0.4, -0.2) is 46.2 Å². The number of amides is 1. The van der Waals surface area contributed by atoms with Gasteiger partial charge >= 0.3 is 0 Å². The summed E-state index contributed by atoms with van der Waals surface area (Å²) in [7, 11) is 3.74. The molecule has 0 radical (unpaired) electrons. The van der Waals surface area contributed by atoms with Crippen molar-refractivity contribution in [3.05, 3.63) is 50.2 Å². The molecule has 4 rings (SSSR count). The summed E-state index contributed by atoms with van der Waals surface area (Å²) in [5.74, 6) is 0.0111. The molecule has 0 spiro atoms. The highest BCUT2D eigenvalue weighted by atomic mass is 79.9. The summed E-state index contributed by atoms with van der Waals surface area (Å²) in [6, 6.07) is 5.20. The summed E-state index contributed by atoms with van der Waals surface area (Å²) < 4.78 is 25.2. The number of imidazole rings is 1. The van der Waals surface area contributed by atoms with Crippen LogP contribution in [0.25, 0.3) is 0 Å². The van der Waals surface area contributed by atoms with E-state index >= 15 is 0 Å². The van der Waals surface area contributed by atoms with Crippen LogP contribution in [0, 0.1) is 10.6 Å². The Morgan fingerprint density at radius 3 is 2.86 bits per heavy atom. The molecule has 1 amide bonds. The Morgan fingerprint density at radius 2 is 2.18 bits per heavy atom. The van der Waals surface area contributed by atoms with Crippen molar-refractivity contribution < 1.29 is 13.9 Å². The van der Waals surface area contributed by atoms with Gasteiger partial charge in [0.05, 0.1) is 25.7 Å². The zero-order chi connectivity index (χ0) is 20.0. The van der Waals surface area contributed by atoms with E-state index in [1.54, 1.807) is 11.0 Å². The van der Waals surface area contributed by atoms with E-state index in [1.165, 1.54) is 6.07 Å². The van der Waals surface area contributed by atoms with Crippen molar-refractivity contribution >= 4 is 34.1 Å². The van der Waals surface area contributed by atoms with Crippen LogP contribution < -0.4 is 0 Å². The van der Waals surface area contributed by atoms with Gasteiger partial charge in [0.25, 0.3) is 0 Å². The van der Waals surface area contributed by atoms with Crippen LogP contribution in [0.5, 0.6) is 0 Å². The molecule has 1 unspecified atom stereocenters. The van der Waals surface area contributed by atoms with E-state index in [9.17, 15) is 9.18 Å². The number of hydrogen-bond acceptors (Lipinski definition) is 3. The van der Waals surface area contributed by atoms with Gasteiger partial charge in [0.1, 0.15) is 5.82 Å². The molecule has 0 N–H and O–H groups in total. The van der Waals surface area contributed by atoms with Crippen LogP contribution in [0.1, 0.15) is 29.3 Å². The van der Waals surface area contributed by atoms with Crippen LogP contribution in [0.2, 0.25) is 0 Å². The predicted molar refractivity (Wildman–Crippen MR) is 110 cm³/mol. The van der Waals surface area contributed by atoms with Gasteiger partial charge in [-0.05, 0) is 48.8 Å². The lowest BCUT2D eigenvalue weighted by Crippen LogP contribution is -2.50. The quantitative estimate of drug-likeness (QED) is 0.630. The Labute approximate surface area is 177 Å². The topological polar surface area (TPSA) is 39.4 Å². The minimum atomic E-state index is -0.196. The average molecular weight is 468 g/mol. The van der Waals surface area contributed by atoms with Crippen molar-refractivity contribution in [2.75, 3.05) is 20.3 Å². The fraction of sp³-hybridized carbons (Fsp3) is 0.500. The summed E-state index contributed by atoms with van der Waals surface area (Å²) in [6.45, 7) is 2.00. The number of halogens is 2. The highest BCUT2D eigenvalue weighted by Crippen LogP contribution is 2.36. The van der Waals surface area contributed by atoms with E-state index in [1.807, 2.05) is 24.7 Å². The Hall–Kier alpha value is -1.51. The second-order valence-corrected chi connectivity index (χ2v) is 8.90. The smallest absolute Gasteiger partial charge is 0.228 e. The van der Waals surface area contributed by atoms with Gasteiger partial charge in [-0.15, -0.1) is 0 Å². The molecule has 0 bridgehead atoms. The minimum absolute atomic E-state index is 0.0617. The van der Waals surface area contributed by atoms with Gasteiger partial charge < -0.3 is 18.8 Å². The van der Waals surface area contributed by atoms with Crippen molar-refractivity contribution in [1.29, 1.82) is 0 Å². The normalized spacial score (nSPS) is 18.8. The highest BCUT2D eigenvalue weighted by molar-refractivity contribution is 9.10. The fourth-order valence-corrected chi connectivity index (χ4v) is 4.82. The molecule has 1 saturated heterocycles. The number of ether oxygens (including phenoxy) is 1. The molecular weight excluding hydrogens is 445 g/mol. The van der Waals surface area contributed by atoms with Crippen LogP contribution >= 0.6 is 28.1 Å². The SMILES string of the molecule is CN(C(=O)Cc1c2n(c(=S)n1C)CCC2Cc1cc(Br)ccc1F)C1COC1. The van der Waals surface area contributed by atoms with Gasteiger partial charge in [-0.3, -0.25) is 4.79 Å². The molecule has 1 aromatic carbocycles. The second kappa shape index (κ2) is 7.72. The average Bonchev–Trinajstić information content (AvgIpc) is 3.12. The first-order valence-electron chi connectivity index (χ1n) is 9.42. The summed E-state index contributed by atoms with van der Waals surface area (Å²) in [5.41, 5.74) is 2.71. The zero-order valence-electron chi connectivity index (χ0n) is 16.0. The monoisotopic (exact) mass is 467 g/mol. The molecule has 0 aliphatic carbocycles. The molecular formula is C20H23BrFN3O2S. The maximum atomic E-state index is 14.3. The molecule has 8 heteroatoms. The number of carbonyl (C=O) groups is 1. The van der Waals surface area contributed by atoms with Crippen LogP contribution in [0.4, 0.5) is 4.39 Å². The molecule has 1 atom stereocenters. The minimum Gasteiger partial charge on any atom is -0.377 e. The van der Waals surface area contributed by atoms with Crippen molar-refractivity contribution in [2.24, 2.45) is 7.05 Å². The number of nitrogens with zero attached hydrogens (tertiary/aromatic N) is 3. The number of hydrogen-bond donors (Lipinski definition) is 0. The van der Waals surface area contributed by atoms with Gasteiger partial charge in [0.15, 0.2) is 4.77 Å². The van der Waals surface area contributed by atoms with Crippen LogP contribution in [0.3, 0.4) is 0 Å². The Kier molecular flexibility index (Phi) is 5.46. The third-order valence-corrected chi connectivity index (χ3v) is 6.94. The predicted octanol–water partition coefficient (Wildman–Crippen LogP) is 3.59. The Morgan fingerprint density at radius 1 is 1.43 bits per heavy atom. The number of benzene rings is 1. The number of rotatable bonds is 5. The first kappa shape index (κ1) is 19.8. The Balaban J connectivity index is 1.63. The lowest BCUT2D eigenvalue weighted by molar-refractivity contribution is -0.141. The van der Waals surface area contributed by atoms with E-state index in [0.29, 0.717) is 31.6 Å². The number of aromatic nitrogens is 2. The van der Waals surface area contributed by atoms with Crippen molar-refractivity contribution in [1.82, 2.24) is 14.0 Å². The number of fused-ring (bicyclic) bond motifs is 1. The second-order valence-electron chi connectivity index (χ2n) is 7.62. The summed E-state index contributed by atoms with van der Waals surface area (Å²) in [4.78, 5) is 14.6. The van der Waals surface area contributed by atoms with E-state index in [2.05, 4.69) is 20.5 Å². The molecule has 0 saturated carbocycles. The molecule has 2 aliphatic rings. The van der Waals surface area contributed by atoms with E-state index in [4.69, 9.17) is 17.0 Å². The van der Waals surface area contributed by atoms with E-state index < -0.39 is 0 Å². The van der Waals surface area contributed by atoms with E-state index in [-0.39, 0.29) is 23.7 Å². The maximum Gasteiger partial charge on any atom is 0.228 e. The lowest BCUT2D eigenvalue weighted by atomic mass is 9.93. The van der Waals surface area contributed by atoms with Gasteiger partial charge in [-0.1, -0.05) is 15.9 Å². The first-order chi connectivity index (χ1) is 13.4. The van der Waals surface area contributed by atoms with Gasteiger partial charge in [-0.25, -0.2) is 4.39 Å². The van der Waals surface area contributed by atoms with Crippen molar-refractivity contribution in [3.8, 4) is 0 Å². The number of carbonyl (C=O) groups excluding carboxylic acids is 1. The molecule has 2 aliphatic heterocycles. The van der Waals surface area contributed by atoms with Gasteiger partial charge in [0.2, 0.25) is 5.91 Å². The molecule has 1 aromatic heterocycles. The van der Waals surface area contributed by atoms with Gasteiger partial charge in [0, 0.05) is 42.4 Å². The fourth-order valence-electron chi connectivity index (χ4n) is 4.11. The first-order valence-corrected chi connectivity index (χ1v) is 10.6. The molecule has 5 nitrogen and oxygen atoms in total. The standard InChI is InChI=1S/C20H23BrFN3O2S/c1-23(15-10-27-11-15)18(26)9-17-19-12(5-6-25(19)20(28)24(17)2)7-13-8-14(21)3-4-16(13)22/h3-4,8,12,15H,5-7,9-11H2,1-2H3.